The molecule has 7 heteroatoms. The summed E-state index contributed by atoms with van der Waals surface area (Å²) in [5.41, 5.74) is -0.147. The summed E-state index contributed by atoms with van der Waals surface area (Å²) in [5.74, 6) is 0.359. The van der Waals surface area contributed by atoms with Gasteiger partial charge in [0.25, 0.3) is 0 Å². The summed E-state index contributed by atoms with van der Waals surface area (Å²) in [5, 5.41) is 2.95. The molecule has 0 unspecified atom stereocenters. The molecule has 0 saturated carbocycles. The van der Waals surface area contributed by atoms with Gasteiger partial charge in [-0.25, -0.2) is 9.97 Å². The maximum atomic E-state index is 12.7. The SMILES string of the molecule is C[C@H](Nc1ncc(Br)cn1)c1cccc(C(F)(F)F)c1. The molecule has 0 bridgehead atoms. The van der Waals surface area contributed by atoms with Crippen molar-refractivity contribution in [3.05, 3.63) is 52.3 Å². The highest BCUT2D eigenvalue weighted by atomic mass is 79.9. The third kappa shape index (κ3) is 3.69. The zero-order chi connectivity index (χ0) is 14.8. The monoisotopic (exact) mass is 345 g/mol. The fraction of sp³-hybridized carbons (Fsp3) is 0.231. The first-order valence-corrected chi connectivity index (χ1v) is 6.57. The molecular formula is C13H11BrF3N3. The van der Waals surface area contributed by atoms with Crippen LogP contribution < -0.4 is 5.32 Å². The van der Waals surface area contributed by atoms with Crippen LogP contribution in [0.1, 0.15) is 24.1 Å². The van der Waals surface area contributed by atoms with Crippen LogP contribution in [0.15, 0.2) is 41.1 Å². The molecule has 3 nitrogen and oxygen atoms in total. The quantitative estimate of drug-likeness (QED) is 0.893. The second kappa shape index (κ2) is 5.78. The molecule has 0 aliphatic carbocycles. The minimum absolute atomic E-state index is 0.335. The number of rotatable bonds is 3. The van der Waals surface area contributed by atoms with Crippen LogP contribution in [0.5, 0.6) is 0 Å². The topological polar surface area (TPSA) is 37.8 Å². The van der Waals surface area contributed by atoms with Crippen LogP contribution in [0.3, 0.4) is 0 Å². The molecule has 1 heterocycles. The summed E-state index contributed by atoms with van der Waals surface area (Å²) in [6.45, 7) is 1.75. The van der Waals surface area contributed by atoms with Gasteiger partial charge in [0.2, 0.25) is 5.95 Å². The number of aromatic nitrogens is 2. The molecule has 1 aromatic heterocycles. The Hall–Kier alpha value is -1.63. The second-order valence-electron chi connectivity index (χ2n) is 4.21. The van der Waals surface area contributed by atoms with Gasteiger partial charge in [-0.05, 0) is 40.5 Å². The van der Waals surface area contributed by atoms with Gasteiger partial charge in [0, 0.05) is 12.4 Å². The third-order valence-electron chi connectivity index (χ3n) is 2.68. The van der Waals surface area contributed by atoms with Gasteiger partial charge >= 0.3 is 6.18 Å². The number of hydrogen-bond acceptors (Lipinski definition) is 3. The van der Waals surface area contributed by atoms with Gasteiger partial charge in [0.05, 0.1) is 16.1 Å². The Labute approximate surface area is 122 Å². The van der Waals surface area contributed by atoms with Crippen molar-refractivity contribution in [3.63, 3.8) is 0 Å². The van der Waals surface area contributed by atoms with Gasteiger partial charge in [0.1, 0.15) is 0 Å². The molecule has 0 radical (unpaired) electrons. The molecule has 0 aliphatic heterocycles. The van der Waals surface area contributed by atoms with Crippen molar-refractivity contribution >= 4 is 21.9 Å². The van der Waals surface area contributed by atoms with Crippen molar-refractivity contribution in [2.45, 2.75) is 19.1 Å². The largest absolute Gasteiger partial charge is 0.416 e. The molecule has 20 heavy (non-hydrogen) atoms. The molecule has 0 amide bonds. The van der Waals surface area contributed by atoms with Crippen LogP contribution >= 0.6 is 15.9 Å². The van der Waals surface area contributed by atoms with E-state index in [1.54, 1.807) is 25.4 Å². The van der Waals surface area contributed by atoms with E-state index in [4.69, 9.17) is 0 Å². The van der Waals surface area contributed by atoms with E-state index in [1.165, 1.54) is 6.07 Å². The van der Waals surface area contributed by atoms with Crippen LogP contribution in [0.25, 0.3) is 0 Å². The number of hydrogen-bond donors (Lipinski definition) is 1. The number of alkyl halides is 3. The maximum Gasteiger partial charge on any atom is 0.416 e. The lowest BCUT2D eigenvalue weighted by Gasteiger charge is -2.16. The lowest BCUT2D eigenvalue weighted by molar-refractivity contribution is -0.137. The summed E-state index contributed by atoms with van der Waals surface area (Å²) in [7, 11) is 0. The van der Waals surface area contributed by atoms with Crippen LogP contribution in [0, 0.1) is 0 Å². The third-order valence-corrected chi connectivity index (χ3v) is 3.09. The molecule has 0 spiro atoms. The molecule has 2 rings (SSSR count). The molecule has 1 atom stereocenters. The van der Waals surface area contributed by atoms with E-state index in [0.29, 0.717) is 11.5 Å². The summed E-state index contributed by atoms with van der Waals surface area (Å²) in [6.07, 6.45) is -1.22. The van der Waals surface area contributed by atoms with Crippen molar-refractivity contribution in [1.82, 2.24) is 9.97 Å². The fourth-order valence-corrected chi connectivity index (χ4v) is 1.85. The maximum absolute atomic E-state index is 12.7. The van der Waals surface area contributed by atoms with Crippen molar-refractivity contribution in [2.24, 2.45) is 0 Å². The van der Waals surface area contributed by atoms with Crippen LogP contribution in [-0.4, -0.2) is 9.97 Å². The molecule has 0 aliphatic rings. The van der Waals surface area contributed by atoms with Gasteiger partial charge < -0.3 is 5.32 Å². The zero-order valence-corrected chi connectivity index (χ0v) is 12.0. The van der Waals surface area contributed by atoms with Gasteiger partial charge in [-0.3, -0.25) is 0 Å². The Morgan fingerprint density at radius 3 is 2.45 bits per heavy atom. The number of nitrogens with zero attached hydrogens (tertiary/aromatic N) is 2. The summed E-state index contributed by atoms with van der Waals surface area (Å²) >= 11 is 3.21. The predicted molar refractivity (Wildman–Crippen MR) is 73.2 cm³/mol. The van der Waals surface area contributed by atoms with E-state index in [2.05, 4.69) is 31.2 Å². The number of benzene rings is 1. The van der Waals surface area contributed by atoms with E-state index in [9.17, 15) is 13.2 Å². The lowest BCUT2D eigenvalue weighted by atomic mass is 10.1. The fourth-order valence-electron chi connectivity index (χ4n) is 1.65. The first-order valence-electron chi connectivity index (χ1n) is 5.77. The highest BCUT2D eigenvalue weighted by Crippen LogP contribution is 2.31. The Bertz CT molecular complexity index is 584. The van der Waals surface area contributed by atoms with Crippen molar-refractivity contribution in [2.75, 3.05) is 5.32 Å². The number of nitrogens with one attached hydrogen (secondary N) is 1. The Morgan fingerprint density at radius 1 is 1.20 bits per heavy atom. The minimum atomic E-state index is -4.34. The smallest absolute Gasteiger partial charge is 0.348 e. The average molecular weight is 346 g/mol. The first kappa shape index (κ1) is 14.8. The molecule has 0 saturated heterocycles. The van der Waals surface area contributed by atoms with Crippen molar-refractivity contribution in [3.8, 4) is 0 Å². The van der Waals surface area contributed by atoms with Gasteiger partial charge in [-0.2, -0.15) is 13.2 Å². The molecule has 1 aromatic carbocycles. The molecule has 1 N–H and O–H groups in total. The lowest BCUT2D eigenvalue weighted by Crippen LogP contribution is -2.11. The Morgan fingerprint density at radius 2 is 1.85 bits per heavy atom. The van der Waals surface area contributed by atoms with E-state index in [-0.39, 0.29) is 6.04 Å². The zero-order valence-electron chi connectivity index (χ0n) is 10.4. The van der Waals surface area contributed by atoms with Crippen LogP contribution in [0.2, 0.25) is 0 Å². The number of anilines is 1. The van der Waals surface area contributed by atoms with Crippen LogP contribution in [0.4, 0.5) is 19.1 Å². The van der Waals surface area contributed by atoms with Crippen molar-refractivity contribution in [1.29, 1.82) is 0 Å². The first-order chi connectivity index (χ1) is 9.36. The van der Waals surface area contributed by atoms with E-state index in [1.807, 2.05) is 0 Å². The van der Waals surface area contributed by atoms with Gasteiger partial charge in [-0.1, -0.05) is 12.1 Å². The highest BCUT2D eigenvalue weighted by molar-refractivity contribution is 9.10. The standard InChI is InChI=1S/C13H11BrF3N3/c1-8(20-12-18-6-11(14)7-19-12)9-3-2-4-10(5-9)13(15,16)17/h2-8H,1H3,(H,18,19,20)/t8-/m0/s1. The van der Waals surface area contributed by atoms with Crippen molar-refractivity contribution < 1.29 is 13.2 Å². The van der Waals surface area contributed by atoms with Crippen LogP contribution in [-0.2, 0) is 6.18 Å². The predicted octanol–water partition coefficient (Wildman–Crippen LogP) is 4.43. The minimum Gasteiger partial charge on any atom is -0.348 e. The highest BCUT2D eigenvalue weighted by Gasteiger charge is 2.30. The Kier molecular flexibility index (Phi) is 4.27. The second-order valence-corrected chi connectivity index (χ2v) is 5.13. The summed E-state index contributed by atoms with van der Waals surface area (Å²) in [4.78, 5) is 8.05. The molecular weight excluding hydrogens is 335 g/mol. The Balaban J connectivity index is 2.17. The molecule has 106 valence electrons. The van der Waals surface area contributed by atoms with Gasteiger partial charge in [0.15, 0.2) is 0 Å². The molecule has 2 aromatic rings. The average Bonchev–Trinajstić information content (AvgIpc) is 2.40. The van der Waals surface area contributed by atoms with E-state index < -0.39 is 11.7 Å². The molecule has 0 fully saturated rings. The van der Waals surface area contributed by atoms with Gasteiger partial charge in [-0.15, -0.1) is 0 Å². The van der Waals surface area contributed by atoms with E-state index >= 15 is 0 Å². The summed E-state index contributed by atoms with van der Waals surface area (Å²) < 4.78 is 38.7. The normalized spacial score (nSPS) is 13.1. The summed E-state index contributed by atoms with van der Waals surface area (Å²) in [6, 6.07) is 4.85. The van der Waals surface area contributed by atoms with E-state index in [0.717, 1.165) is 16.6 Å². The number of halogens is 4.